The Hall–Kier alpha value is -3.46. The van der Waals surface area contributed by atoms with Gasteiger partial charge in [-0.2, -0.15) is 0 Å². The van der Waals surface area contributed by atoms with Gasteiger partial charge in [-0.1, -0.05) is 121 Å². The van der Waals surface area contributed by atoms with E-state index in [0.717, 1.165) is 12.8 Å². The van der Waals surface area contributed by atoms with E-state index in [0.29, 0.717) is 13.2 Å². The van der Waals surface area contributed by atoms with Crippen LogP contribution < -0.4 is 0 Å². The van der Waals surface area contributed by atoms with E-state index in [1.165, 1.54) is 33.4 Å². The molecule has 2 nitrogen and oxygen atoms in total. The first kappa shape index (κ1) is 21.1. The minimum Gasteiger partial charge on any atom is -0.361 e. The lowest BCUT2D eigenvalue weighted by atomic mass is 9.73. The molecule has 0 aromatic heterocycles. The molecule has 2 aliphatic heterocycles. The minimum atomic E-state index is -0.496. The Morgan fingerprint density at radius 3 is 0.912 bits per heavy atom. The topological polar surface area (TPSA) is 18.5 Å². The number of hydrogen-bond acceptors (Lipinski definition) is 2. The van der Waals surface area contributed by atoms with Crippen LogP contribution in [-0.2, 0) is 20.7 Å². The minimum absolute atomic E-state index is 0.496. The van der Waals surface area contributed by atoms with Gasteiger partial charge < -0.3 is 9.47 Å². The summed E-state index contributed by atoms with van der Waals surface area (Å²) in [6.45, 7) is 1.20. The molecule has 0 aliphatic carbocycles. The zero-order valence-corrected chi connectivity index (χ0v) is 19.2. The molecule has 0 N–H and O–H groups in total. The van der Waals surface area contributed by atoms with Crippen molar-refractivity contribution in [2.75, 3.05) is 13.2 Å². The van der Waals surface area contributed by atoms with E-state index in [9.17, 15) is 0 Å². The lowest BCUT2D eigenvalue weighted by molar-refractivity contribution is -0.0627. The van der Waals surface area contributed by atoms with E-state index in [4.69, 9.17) is 9.47 Å². The Morgan fingerprint density at radius 1 is 0.382 bits per heavy atom. The molecule has 6 rings (SSSR count). The first-order valence-electron chi connectivity index (χ1n) is 12.0. The Labute approximate surface area is 201 Å². The van der Waals surface area contributed by atoms with Crippen molar-refractivity contribution in [1.82, 2.24) is 0 Å². The van der Waals surface area contributed by atoms with Crippen LogP contribution in [0.1, 0.15) is 35.1 Å². The Balaban J connectivity index is 1.43. The van der Waals surface area contributed by atoms with Gasteiger partial charge >= 0.3 is 0 Å². The molecule has 0 spiro atoms. The normalized spacial score (nSPS) is 18.8. The molecule has 0 unspecified atom stereocenters. The van der Waals surface area contributed by atoms with Crippen molar-refractivity contribution in [2.45, 2.75) is 24.0 Å². The van der Waals surface area contributed by atoms with Crippen LogP contribution in [0, 0.1) is 0 Å². The predicted octanol–water partition coefficient (Wildman–Crippen LogP) is 7.01. The summed E-state index contributed by atoms with van der Waals surface area (Å²) in [5.41, 5.74) is 6.50. The van der Waals surface area contributed by atoms with Crippen LogP contribution >= 0.6 is 0 Å². The Kier molecular flexibility index (Phi) is 5.41. The fourth-order valence-corrected chi connectivity index (χ4v) is 5.58. The van der Waals surface area contributed by atoms with E-state index in [2.05, 4.69) is 121 Å². The molecule has 0 radical (unpaired) electrons. The monoisotopic (exact) mass is 444 g/mol. The first-order chi connectivity index (χ1) is 16.8. The summed E-state index contributed by atoms with van der Waals surface area (Å²) in [7, 11) is 0. The van der Waals surface area contributed by atoms with Crippen LogP contribution in [-0.4, -0.2) is 13.2 Å². The molecule has 0 bridgehead atoms. The van der Waals surface area contributed by atoms with Crippen LogP contribution in [0.15, 0.2) is 132 Å². The summed E-state index contributed by atoms with van der Waals surface area (Å²) in [5.74, 6) is 0. The van der Waals surface area contributed by atoms with Crippen molar-refractivity contribution in [2.24, 2.45) is 0 Å². The maximum atomic E-state index is 6.86. The van der Waals surface area contributed by atoms with Crippen LogP contribution in [0.5, 0.6) is 0 Å². The molecular formula is C32H28O2. The molecule has 0 atom stereocenters. The highest BCUT2D eigenvalue weighted by molar-refractivity contribution is 5.45. The summed E-state index contributed by atoms with van der Waals surface area (Å²) in [5, 5.41) is 0. The maximum absolute atomic E-state index is 6.86. The molecule has 4 aromatic carbocycles. The zero-order chi connectivity index (χ0) is 22.8. The molecule has 0 saturated heterocycles. The van der Waals surface area contributed by atoms with Gasteiger partial charge in [-0.25, -0.2) is 0 Å². The molecule has 2 heterocycles. The molecule has 0 fully saturated rings. The first-order valence-corrected chi connectivity index (χ1v) is 12.0. The second kappa shape index (κ2) is 8.72. The van der Waals surface area contributed by atoms with Gasteiger partial charge in [-0.15, -0.1) is 0 Å². The third kappa shape index (κ3) is 3.51. The largest absolute Gasteiger partial charge is 0.361 e. The van der Waals surface area contributed by atoms with Gasteiger partial charge in [0.15, 0.2) is 0 Å². The highest BCUT2D eigenvalue weighted by atomic mass is 16.5. The molecule has 2 heteroatoms. The van der Waals surface area contributed by atoms with Gasteiger partial charge in [0, 0.05) is 12.8 Å². The number of benzene rings is 4. The van der Waals surface area contributed by atoms with Gasteiger partial charge in [0.05, 0.1) is 13.2 Å². The van der Waals surface area contributed by atoms with Crippen LogP contribution in [0.4, 0.5) is 0 Å². The summed E-state index contributed by atoms with van der Waals surface area (Å²) in [4.78, 5) is 0. The summed E-state index contributed by atoms with van der Waals surface area (Å²) in [6.07, 6.45) is 1.60. The molecule has 2 aliphatic rings. The van der Waals surface area contributed by atoms with E-state index in [1.807, 2.05) is 0 Å². The fraction of sp³-hybridized carbons (Fsp3) is 0.188. The number of ether oxygens (including phenoxy) is 2. The van der Waals surface area contributed by atoms with Crippen molar-refractivity contribution >= 4 is 0 Å². The standard InChI is InChI=1S/C32H28O2/c1-5-13-27(14-6-1)31(28-15-7-2-8-16-28)21-25-24-34-32(22-26(25)23-33-31,29-17-9-3-10-18-29)30-19-11-4-12-20-30/h1-20H,21-24H2. The van der Waals surface area contributed by atoms with Gasteiger partial charge in [0.2, 0.25) is 0 Å². The summed E-state index contributed by atoms with van der Waals surface area (Å²) < 4.78 is 13.7. The SMILES string of the molecule is c1ccc(C2(c3ccccc3)CC3=C(CO2)CC(c2ccccc2)(c2ccccc2)OC3)cc1. The molecular weight excluding hydrogens is 416 g/mol. The quantitative estimate of drug-likeness (QED) is 0.315. The predicted molar refractivity (Wildman–Crippen MR) is 135 cm³/mol. The lowest BCUT2D eigenvalue weighted by Gasteiger charge is -2.46. The fourth-order valence-electron chi connectivity index (χ4n) is 5.58. The van der Waals surface area contributed by atoms with E-state index >= 15 is 0 Å². The highest BCUT2D eigenvalue weighted by Crippen LogP contribution is 2.50. The Bertz CT molecular complexity index is 1100. The van der Waals surface area contributed by atoms with Crippen molar-refractivity contribution in [3.8, 4) is 0 Å². The molecule has 4 aromatic rings. The average Bonchev–Trinajstić information content (AvgIpc) is 2.94. The summed E-state index contributed by atoms with van der Waals surface area (Å²) >= 11 is 0. The maximum Gasteiger partial charge on any atom is 0.122 e. The van der Waals surface area contributed by atoms with Gasteiger partial charge in [0.25, 0.3) is 0 Å². The van der Waals surface area contributed by atoms with Gasteiger partial charge in [-0.3, -0.25) is 0 Å². The van der Waals surface area contributed by atoms with Crippen molar-refractivity contribution in [1.29, 1.82) is 0 Å². The molecule has 34 heavy (non-hydrogen) atoms. The highest BCUT2D eigenvalue weighted by Gasteiger charge is 2.46. The van der Waals surface area contributed by atoms with Crippen LogP contribution in [0.3, 0.4) is 0 Å². The summed E-state index contributed by atoms with van der Waals surface area (Å²) in [6, 6.07) is 42.5. The molecule has 0 saturated carbocycles. The molecule has 0 amide bonds. The van der Waals surface area contributed by atoms with Crippen molar-refractivity contribution in [3.05, 3.63) is 155 Å². The van der Waals surface area contributed by atoms with E-state index < -0.39 is 11.2 Å². The second-order valence-electron chi connectivity index (χ2n) is 9.26. The average molecular weight is 445 g/mol. The lowest BCUT2D eigenvalue weighted by Crippen LogP contribution is -2.43. The van der Waals surface area contributed by atoms with Crippen LogP contribution in [0.25, 0.3) is 0 Å². The third-order valence-electron chi connectivity index (χ3n) is 7.37. The second-order valence-corrected chi connectivity index (χ2v) is 9.26. The molecule has 168 valence electrons. The van der Waals surface area contributed by atoms with Crippen molar-refractivity contribution < 1.29 is 9.47 Å². The zero-order valence-electron chi connectivity index (χ0n) is 19.2. The van der Waals surface area contributed by atoms with E-state index in [-0.39, 0.29) is 0 Å². The van der Waals surface area contributed by atoms with Gasteiger partial charge in [0.1, 0.15) is 11.2 Å². The number of hydrogen-bond donors (Lipinski definition) is 0. The third-order valence-corrected chi connectivity index (χ3v) is 7.37. The number of rotatable bonds is 4. The van der Waals surface area contributed by atoms with Crippen molar-refractivity contribution in [3.63, 3.8) is 0 Å². The van der Waals surface area contributed by atoms with Crippen LogP contribution in [0.2, 0.25) is 0 Å². The smallest absolute Gasteiger partial charge is 0.122 e. The Morgan fingerprint density at radius 2 is 0.647 bits per heavy atom. The van der Waals surface area contributed by atoms with E-state index in [1.54, 1.807) is 0 Å². The van der Waals surface area contributed by atoms with Gasteiger partial charge in [-0.05, 0) is 33.4 Å².